The zero-order valence-corrected chi connectivity index (χ0v) is 17.4. The first-order valence-corrected chi connectivity index (χ1v) is 10.1. The van der Waals surface area contributed by atoms with Gasteiger partial charge in [-0.15, -0.1) is 0 Å². The summed E-state index contributed by atoms with van der Waals surface area (Å²) in [7, 11) is 0. The van der Waals surface area contributed by atoms with Crippen LogP contribution in [-0.2, 0) is 11.2 Å². The number of aryl methyl sites for hydroxylation is 1. The third-order valence-corrected chi connectivity index (χ3v) is 5.81. The molecule has 0 unspecified atom stereocenters. The van der Waals surface area contributed by atoms with E-state index < -0.39 is 5.97 Å². The minimum absolute atomic E-state index is 0.113. The largest absolute Gasteiger partial charge is 0.481 e. The number of para-hydroxylation sites is 1. The van der Waals surface area contributed by atoms with Crippen molar-refractivity contribution in [1.29, 1.82) is 0 Å². The van der Waals surface area contributed by atoms with Crippen LogP contribution in [0.5, 0.6) is 0 Å². The van der Waals surface area contributed by atoms with Crippen molar-refractivity contribution in [3.05, 3.63) is 75.2 Å². The van der Waals surface area contributed by atoms with Crippen molar-refractivity contribution in [2.45, 2.75) is 12.8 Å². The highest BCUT2D eigenvalue weighted by Gasteiger charge is 2.14. The number of halogens is 2. The standard InChI is InChI=1S/C22H15Br2NO2/c23-17-10-13(8-9-21(26)27)11-18(24)22(17)15-5-3-7-20-16(15)12-14-4-1-2-6-19(14)25-20/h1-7,10-12H,8-9H2,(H,26,27). The lowest BCUT2D eigenvalue weighted by Gasteiger charge is -2.13. The van der Waals surface area contributed by atoms with Gasteiger partial charge in [0.2, 0.25) is 0 Å². The quantitative estimate of drug-likeness (QED) is 0.332. The summed E-state index contributed by atoms with van der Waals surface area (Å²) in [5.41, 5.74) is 5.01. The second-order valence-corrected chi connectivity index (χ2v) is 8.09. The third-order valence-electron chi connectivity index (χ3n) is 4.56. The zero-order valence-electron chi connectivity index (χ0n) is 14.2. The molecule has 0 amide bonds. The van der Waals surface area contributed by atoms with Crippen LogP contribution in [0.4, 0.5) is 0 Å². The molecule has 27 heavy (non-hydrogen) atoms. The molecule has 0 fully saturated rings. The first kappa shape index (κ1) is 18.1. The number of carboxylic acids is 1. The predicted octanol–water partition coefficient (Wildman–Crippen LogP) is 6.60. The topological polar surface area (TPSA) is 50.2 Å². The molecule has 1 N–H and O–H groups in total. The van der Waals surface area contributed by atoms with E-state index in [4.69, 9.17) is 10.1 Å². The Morgan fingerprint density at radius 3 is 2.37 bits per heavy atom. The maximum atomic E-state index is 10.9. The molecule has 4 rings (SSSR count). The van der Waals surface area contributed by atoms with Gasteiger partial charge >= 0.3 is 5.97 Å². The van der Waals surface area contributed by atoms with E-state index in [1.54, 1.807) is 0 Å². The van der Waals surface area contributed by atoms with E-state index in [1.807, 2.05) is 42.5 Å². The second kappa shape index (κ2) is 7.41. The van der Waals surface area contributed by atoms with E-state index in [0.29, 0.717) is 6.42 Å². The molecule has 1 heterocycles. The highest BCUT2D eigenvalue weighted by molar-refractivity contribution is 9.11. The molecule has 0 saturated heterocycles. The molecule has 0 atom stereocenters. The lowest BCUT2D eigenvalue weighted by Crippen LogP contribution is -1.98. The average Bonchev–Trinajstić information content (AvgIpc) is 2.64. The van der Waals surface area contributed by atoms with Crippen LogP contribution < -0.4 is 0 Å². The first-order chi connectivity index (χ1) is 13.0. The van der Waals surface area contributed by atoms with Gasteiger partial charge in [0, 0.05) is 31.7 Å². The number of nitrogens with zero attached hydrogens (tertiary/aromatic N) is 1. The summed E-state index contributed by atoms with van der Waals surface area (Å²) < 4.78 is 1.86. The van der Waals surface area contributed by atoms with Crippen molar-refractivity contribution in [2.75, 3.05) is 0 Å². The van der Waals surface area contributed by atoms with Crippen molar-refractivity contribution in [2.24, 2.45) is 0 Å². The number of hydrogen-bond donors (Lipinski definition) is 1. The van der Waals surface area contributed by atoms with E-state index >= 15 is 0 Å². The first-order valence-electron chi connectivity index (χ1n) is 8.51. The number of carboxylic acid groups (broad SMARTS) is 1. The fourth-order valence-corrected chi connectivity index (χ4v) is 5.00. The van der Waals surface area contributed by atoms with Crippen molar-refractivity contribution < 1.29 is 9.90 Å². The predicted molar refractivity (Wildman–Crippen MR) is 116 cm³/mol. The number of fused-ring (bicyclic) bond motifs is 2. The number of rotatable bonds is 4. The number of aromatic nitrogens is 1. The summed E-state index contributed by atoms with van der Waals surface area (Å²) in [4.78, 5) is 15.6. The van der Waals surface area contributed by atoms with Gasteiger partial charge in [-0.05, 0) is 47.9 Å². The molecule has 0 radical (unpaired) electrons. The Hall–Kier alpha value is -2.24. The summed E-state index contributed by atoms with van der Waals surface area (Å²) in [6.07, 6.45) is 0.608. The molecular formula is C22H15Br2NO2. The van der Waals surface area contributed by atoms with E-state index in [1.165, 1.54) is 0 Å². The van der Waals surface area contributed by atoms with Gasteiger partial charge in [-0.2, -0.15) is 0 Å². The zero-order chi connectivity index (χ0) is 19.0. The van der Waals surface area contributed by atoms with E-state index in [-0.39, 0.29) is 6.42 Å². The van der Waals surface area contributed by atoms with Crippen molar-refractivity contribution in [3.63, 3.8) is 0 Å². The Balaban J connectivity index is 1.89. The number of pyridine rings is 1. The summed E-state index contributed by atoms with van der Waals surface area (Å²) >= 11 is 7.36. The number of hydrogen-bond acceptors (Lipinski definition) is 2. The van der Waals surface area contributed by atoms with Crippen LogP contribution in [0.15, 0.2) is 69.6 Å². The molecule has 0 aliphatic heterocycles. The van der Waals surface area contributed by atoms with Crippen molar-refractivity contribution in [3.8, 4) is 11.1 Å². The Labute approximate surface area is 173 Å². The lowest BCUT2D eigenvalue weighted by atomic mass is 9.97. The molecule has 0 saturated carbocycles. The van der Waals surface area contributed by atoms with Gasteiger partial charge in [0.25, 0.3) is 0 Å². The monoisotopic (exact) mass is 483 g/mol. The minimum Gasteiger partial charge on any atom is -0.481 e. The van der Waals surface area contributed by atoms with Gasteiger partial charge in [0.15, 0.2) is 0 Å². The second-order valence-electron chi connectivity index (χ2n) is 6.38. The molecule has 134 valence electrons. The molecule has 3 nitrogen and oxygen atoms in total. The van der Waals surface area contributed by atoms with Crippen LogP contribution in [0.2, 0.25) is 0 Å². The SMILES string of the molecule is O=C(O)CCc1cc(Br)c(-c2cccc3nc4ccccc4cc23)c(Br)c1. The van der Waals surface area contributed by atoms with E-state index in [2.05, 4.69) is 50.1 Å². The molecule has 4 aromatic rings. The van der Waals surface area contributed by atoms with Gasteiger partial charge in [-0.25, -0.2) is 4.98 Å². The van der Waals surface area contributed by atoms with Crippen LogP contribution in [-0.4, -0.2) is 16.1 Å². The lowest BCUT2D eigenvalue weighted by molar-refractivity contribution is -0.136. The average molecular weight is 485 g/mol. The van der Waals surface area contributed by atoms with E-state index in [0.717, 1.165) is 47.4 Å². The summed E-state index contributed by atoms with van der Waals surface area (Å²) in [6, 6.07) is 20.4. The molecule has 3 aromatic carbocycles. The van der Waals surface area contributed by atoms with Crippen molar-refractivity contribution in [1.82, 2.24) is 4.98 Å². The number of aliphatic carboxylic acids is 1. The van der Waals surface area contributed by atoms with Crippen molar-refractivity contribution >= 4 is 59.6 Å². The van der Waals surface area contributed by atoms with Crippen LogP contribution in [0.25, 0.3) is 32.9 Å². The maximum Gasteiger partial charge on any atom is 0.303 e. The molecule has 0 bridgehead atoms. The molecular weight excluding hydrogens is 470 g/mol. The van der Waals surface area contributed by atoms with E-state index in [9.17, 15) is 4.79 Å². The van der Waals surface area contributed by atoms with Crippen LogP contribution >= 0.6 is 31.9 Å². The molecule has 0 aliphatic carbocycles. The number of carbonyl (C=O) groups is 1. The smallest absolute Gasteiger partial charge is 0.303 e. The van der Waals surface area contributed by atoms with Crippen LogP contribution in [0, 0.1) is 0 Å². The van der Waals surface area contributed by atoms with Gasteiger partial charge in [-0.1, -0.05) is 62.2 Å². The Bertz CT molecular complexity index is 1160. The van der Waals surface area contributed by atoms with Gasteiger partial charge in [0.1, 0.15) is 0 Å². The van der Waals surface area contributed by atoms with Gasteiger partial charge < -0.3 is 5.11 Å². The fraction of sp³-hybridized carbons (Fsp3) is 0.0909. The Morgan fingerprint density at radius 2 is 1.63 bits per heavy atom. The fourth-order valence-electron chi connectivity index (χ4n) is 3.30. The molecule has 0 aliphatic rings. The highest BCUT2D eigenvalue weighted by Crippen LogP contribution is 2.40. The number of benzene rings is 3. The normalized spacial score (nSPS) is 11.2. The summed E-state index contributed by atoms with van der Waals surface area (Å²) in [5, 5.41) is 11.1. The van der Waals surface area contributed by atoms with Gasteiger partial charge in [0.05, 0.1) is 11.0 Å². The Morgan fingerprint density at radius 1 is 0.926 bits per heavy atom. The summed E-state index contributed by atoms with van der Waals surface area (Å²) in [5.74, 6) is -0.793. The van der Waals surface area contributed by atoms with Crippen LogP contribution in [0.1, 0.15) is 12.0 Å². The Kier molecular flexibility index (Phi) is 4.98. The minimum atomic E-state index is -0.793. The molecule has 5 heteroatoms. The maximum absolute atomic E-state index is 10.9. The van der Waals surface area contributed by atoms with Gasteiger partial charge in [-0.3, -0.25) is 4.79 Å². The highest BCUT2D eigenvalue weighted by atomic mass is 79.9. The molecule has 0 spiro atoms. The third kappa shape index (κ3) is 3.62. The molecule has 1 aromatic heterocycles. The van der Waals surface area contributed by atoms with Crippen LogP contribution in [0.3, 0.4) is 0 Å². The summed E-state index contributed by atoms with van der Waals surface area (Å²) in [6.45, 7) is 0.